The number of hydrazone groups is 1. The summed E-state index contributed by atoms with van der Waals surface area (Å²) in [7, 11) is 1.97. The van der Waals surface area contributed by atoms with Crippen LogP contribution in [0.3, 0.4) is 0 Å². The van der Waals surface area contributed by atoms with Gasteiger partial charge in [-0.25, -0.2) is 4.98 Å². The van der Waals surface area contributed by atoms with E-state index in [0.29, 0.717) is 0 Å². The summed E-state index contributed by atoms with van der Waals surface area (Å²) in [5, 5.41) is 6.72. The number of anilines is 3. The number of hydrogen-bond donors (Lipinski definition) is 0. The SMILES string of the molecule is C/C(=N\N(C)c1cc(N2CCCC2)nc(N2CCCC2)n1)c1ccc(-n2ccnc2)cc1. The fourth-order valence-corrected chi connectivity index (χ4v) is 4.36. The number of hydrogen-bond acceptors (Lipinski definition) is 7. The molecule has 2 aromatic heterocycles. The third kappa shape index (κ3) is 4.30. The Bertz CT molecular complexity index is 1030. The van der Waals surface area contributed by atoms with Crippen LogP contribution in [-0.2, 0) is 0 Å². The van der Waals surface area contributed by atoms with Crippen LogP contribution >= 0.6 is 0 Å². The number of rotatable bonds is 6. The molecule has 0 unspecified atom stereocenters. The molecule has 0 spiro atoms. The molecular formula is C24H30N8. The zero-order valence-corrected chi connectivity index (χ0v) is 18.9. The van der Waals surface area contributed by atoms with Gasteiger partial charge in [-0.05, 0) is 50.3 Å². The van der Waals surface area contributed by atoms with E-state index in [-0.39, 0.29) is 0 Å². The van der Waals surface area contributed by atoms with E-state index in [1.165, 1.54) is 25.7 Å². The van der Waals surface area contributed by atoms with E-state index in [0.717, 1.165) is 60.7 Å². The Kier molecular flexibility index (Phi) is 5.75. The van der Waals surface area contributed by atoms with Crippen LogP contribution in [0.1, 0.15) is 38.2 Å². The second kappa shape index (κ2) is 8.98. The minimum absolute atomic E-state index is 0.825. The molecule has 166 valence electrons. The predicted molar refractivity (Wildman–Crippen MR) is 129 cm³/mol. The normalized spacial score (nSPS) is 16.8. The van der Waals surface area contributed by atoms with Crippen molar-refractivity contribution in [3.63, 3.8) is 0 Å². The highest BCUT2D eigenvalue weighted by molar-refractivity contribution is 5.99. The van der Waals surface area contributed by atoms with Crippen molar-refractivity contribution in [1.82, 2.24) is 19.5 Å². The maximum atomic E-state index is 4.91. The van der Waals surface area contributed by atoms with Crippen LogP contribution in [-0.4, -0.2) is 58.5 Å². The van der Waals surface area contributed by atoms with Crippen LogP contribution in [0.5, 0.6) is 0 Å². The van der Waals surface area contributed by atoms with Crippen molar-refractivity contribution in [3.05, 3.63) is 54.6 Å². The molecule has 2 saturated heterocycles. The Morgan fingerprint density at radius 2 is 1.62 bits per heavy atom. The Morgan fingerprint density at radius 3 is 2.28 bits per heavy atom. The standard InChI is InChI=1S/C24H30N8/c1-19(20-7-9-21(10-8-20)32-16-11-25-18-32)28-29(2)22-17-23(30-12-3-4-13-30)27-24(26-22)31-14-5-6-15-31/h7-11,16-18H,3-6,12-15H2,1-2H3/b28-19+. The molecule has 5 rings (SSSR count). The second-order valence-electron chi connectivity index (χ2n) is 8.50. The van der Waals surface area contributed by atoms with Gasteiger partial charge in [-0.2, -0.15) is 15.1 Å². The lowest BCUT2D eigenvalue weighted by Crippen LogP contribution is -2.25. The Morgan fingerprint density at radius 1 is 0.938 bits per heavy atom. The first-order chi connectivity index (χ1) is 15.7. The fraction of sp³-hybridized carbons (Fsp3) is 0.417. The van der Waals surface area contributed by atoms with Gasteiger partial charge in [0.2, 0.25) is 5.95 Å². The van der Waals surface area contributed by atoms with Crippen molar-refractivity contribution in [2.24, 2.45) is 5.10 Å². The molecule has 0 radical (unpaired) electrons. The van der Waals surface area contributed by atoms with Gasteiger partial charge < -0.3 is 14.4 Å². The lowest BCUT2D eigenvalue weighted by molar-refractivity contribution is 0.856. The number of imidazole rings is 1. The average Bonchev–Trinajstić information content (AvgIpc) is 3.61. The number of nitrogens with zero attached hydrogens (tertiary/aromatic N) is 8. The molecule has 8 heteroatoms. The highest BCUT2D eigenvalue weighted by atomic mass is 15.5. The zero-order valence-electron chi connectivity index (χ0n) is 18.9. The van der Waals surface area contributed by atoms with Crippen molar-refractivity contribution < 1.29 is 0 Å². The van der Waals surface area contributed by atoms with Crippen LogP contribution in [0.25, 0.3) is 5.69 Å². The lowest BCUT2D eigenvalue weighted by Gasteiger charge is -2.23. The van der Waals surface area contributed by atoms with Crippen molar-refractivity contribution >= 4 is 23.3 Å². The fourth-order valence-electron chi connectivity index (χ4n) is 4.36. The molecule has 0 amide bonds. The average molecular weight is 431 g/mol. The first kappa shape index (κ1) is 20.5. The molecule has 32 heavy (non-hydrogen) atoms. The summed E-state index contributed by atoms with van der Waals surface area (Å²) in [6.07, 6.45) is 10.4. The van der Waals surface area contributed by atoms with E-state index >= 15 is 0 Å². The van der Waals surface area contributed by atoms with Crippen LogP contribution in [0.4, 0.5) is 17.6 Å². The first-order valence-electron chi connectivity index (χ1n) is 11.4. The van der Waals surface area contributed by atoms with E-state index in [1.54, 1.807) is 12.5 Å². The molecule has 3 aromatic rings. The van der Waals surface area contributed by atoms with Gasteiger partial charge in [-0.1, -0.05) is 12.1 Å². The molecule has 0 bridgehead atoms. The summed E-state index contributed by atoms with van der Waals surface area (Å²) < 4.78 is 1.99. The molecule has 2 aliphatic heterocycles. The summed E-state index contributed by atoms with van der Waals surface area (Å²) in [4.78, 5) is 18.6. The van der Waals surface area contributed by atoms with Gasteiger partial charge in [0.05, 0.1) is 12.0 Å². The lowest BCUT2D eigenvalue weighted by atomic mass is 10.1. The van der Waals surface area contributed by atoms with E-state index in [9.17, 15) is 0 Å². The summed E-state index contributed by atoms with van der Waals surface area (Å²) in [5.74, 6) is 2.67. The number of aromatic nitrogens is 4. The number of benzene rings is 1. The summed E-state index contributed by atoms with van der Waals surface area (Å²) in [5.41, 5.74) is 3.09. The second-order valence-corrected chi connectivity index (χ2v) is 8.50. The van der Waals surface area contributed by atoms with Gasteiger partial charge in [-0.3, -0.25) is 5.01 Å². The van der Waals surface area contributed by atoms with Gasteiger partial charge in [0.1, 0.15) is 5.82 Å². The minimum atomic E-state index is 0.825. The Labute approximate surface area is 189 Å². The monoisotopic (exact) mass is 430 g/mol. The van der Waals surface area contributed by atoms with Crippen molar-refractivity contribution in [3.8, 4) is 5.69 Å². The van der Waals surface area contributed by atoms with Crippen LogP contribution in [0, 0.1) is 0 Å². The Balaban J connectivity index is 1.40. The molecule has 1 aromatic carbocycles. The van der Waals surface area contributed by atoms with E-state index in [2.05, 4.69) is 45.1 Å². The highest BCUT2D eigenvalue weighted by Gasteiger charge is 2.21. The minimum Gasteiger partial charge on any atom is -0.356 e. The summed E-state index contributed by atoms with van der Waals surface area (Å²) in [6.45, 7) is 6.21. The van der Waals surface area contributed by atoms with Crippen molar-refractivity contribution in [1.29, 1.82) is 0 Å². The molecule has 4 heterocycles. The quantitative estimate of drug-likeness (QED) is 0.439. The summed E-state index contributed by atoms with van der Waals surface area (Å²) >= 11 is 0. The molecule has 2 fully saturated rings. The zero-order chi connectivity index (χ0) is 21.9. The van der Waals surface area contributed by atoms with Crippen molar-refractivity contribution in [2.75, 3.05) is 48.0 Å². The smallest absolute Gasteiger partial charge is 0.229 e. The maximum Gasteiger partial charge on any atom is 0.229 e. The third-order valence-corrected chi connectivity index (χ3v) is 6.23. The van der Waals surface area contributed by atoms with Crippen LogP contribution in [0.2, 0.25) is 0 Å². The van der Waals surface area contributed by atoms with Gasteiger partial charge >= 0.3 is 0 Å². The van der Waals surface area contributed by atoms with E-state index < -0.39 is 0 Å². The Hall–Kier alpha value is -3.42. The van der Waals surface area contributed by atoms with Crippen LogP contribution in [0.15, 0.2) is 54.2 Å². The first-order valence-corrected chi connectivity index (χ1v) is 11.4. The van der Waals surface area contributed by atoms with Gasteiger partial charge in [0.25, 0.3) is 0 Å². The van der Waals surface area contributed by atoms with Crippen LogP contribution < -0.4 is 14.8 Å². The highest BCUT2D eigenvalue weighted by Crippen LogP contribution is 2.27. The molecule has 0 aliphatic carbocycles. The molecule has 0 saturated carbocycles. The summed E-state index contributed by atoms with van der Waals surface area (Å²) in [6, 6.07) is 10.4. The molecule has 2 aliphatic rings. The molecule has 0 atom stereocenters. The molecular weight excluding hydrogens is 400 g/mol. The largest absolute Gasteiger partial charge is 0.356 e. The van der Waals surface area contributed by atoms with E-state index in [1.807, 2.05) is 29.7 Å². The molecule has 0 N–H and O–H groups in total. The molecule has 8 nitrogen and oxygen atoms in total. The topological polar surface area (TPSA) is 65.7 Å². The predicted octanol–water partition coefficient (Wildman–Crippen LogP) is 3.72. The third-order valence-electron chi connectivity index (χ3n) is 6.23. The van der Waals surface area contributed by atoms with E-state index in [4.69, 9.17) is 15.1 Å². The van der Waals surface area contributed by atoms with Gasteiger partial charge in [-0.15, -0.1) is 0 Å². The van der Waals surface area contributed by atoms with Gasteiger partial charge in [0.15, 0.2) is 5.82 Å². The van der Waals surface area contributed by atoms with Gasteiger partial charge in [0, 0.05) is 57.4 Å². The van der Waals surface area contributed by atoms with Crippen molar-refractivity contribution in [2.45, 2.75) is 32.6 Å². The maximum absolute atomic E-state index is 4.91.